The Kier molecular flexibility index (Phi) is 9.50. The van der Waals surface area contributed by atoms with E-state index in [-0.39, 0.29) is 0 Å². The summed E-state index contributed by atoms with van der Waals surface area (Å²) in [6, 6.07) is 90.3. The first kappa shape index (κ1) is 38.4. The quantitative estimate of drug-likeness (QED) is 0.122. The average Bonchev–Trinajstić information content (AvgIpc) is 3.38. The van der Waals surface area contributed by atoms with Gasteiger partial charge in [-0.05, 0) is 157 Å². The molecule has 304 valence electrons. The lowest BCUT2D eigenvalue weighted by atomic mass is 9.85. The van der Waals surface area contributed by atoms with Gasteiger partial charge < -0.3 is 0 Å². The number of hydrogen-bond acceptors (Lipinski definition) is 0. The molecule has 13 rings (SSSR count). The zero-order chi connectivity index (χ0) is 43.3. The van der Waals surface area contributed by atoms with Crippen molar-refractivity contribution >= 4 is 75.4 Å². The molecule has 0 saturated heterocycles. The van der Waals surface area contributed by atoms with Gasteiger partial charge in [0.2, 0.25) is 0 Å². The first-order valence-corrected chi connectivity index (χ1v) is 22.6. The maximum absolute atomic E-state index is 2.41. The van der Waals surface area contributed by atoms with E-state index in [0.717, 1.165) is 0 Å². The molecule has 0 heteroatoms. The van der Waals surface area contributed by atoms with E-state index in [1.165, 1.54) is 125 Å². The third kappa shape index (κ3) is 6.62. The highest BCUT2D eigenvalue weighted by atomic mass is 14.2. The van der Waals surface area contributed by atoms with Crippen LogP contribution in [0.4, 0.5) is 0 Å². The Morgan fingerprint density at radius 1 is 0.200 bits per heavy atom. The van der Waals surface area contributed by atoms with Crippen LogP contribution >= 0.6 is 0 Å². The predicted octanol–water partition coefficient (Wildman–Crippen LogP) is 18.4. The van der Waals surface area contributed by atoms with Crippen LogP contribution in [0.25, 0.3) is 120 Å². The molecule has 0 saturated carbocycles. The van der Waals surface area contributed by atoms with Gasteiger partial charge in [-0.25, -0.2) is 0 Å². The van der Waals surface area contributed by atoms with Crippen molar-refractivity contribution < 1.29 is 0 Å². The third-order valence-corrected chi connectivity index (χ3v) is 13.4. The Morgan fingerprint density at radius 3 is 1.14 bits per heavy atom. The molecular weight excluding hydrogens is 781 g/mol. The van der Waals surface area contributed by atoms with E-state index in [1.807, 2.05) is 0 Å². The smallest absolute Gasteiger partial charge is 0.00202 e. The van der Waals surface area contributed by atoms with Crippen LogP contribution in [0.3, 0.4) is 0 Å². The fraction of sp³-hybridized carbons (Fsp3) is 0.0154. The Morgan fingerprint density at radius 2 is 0.585 bits per heavy atom. The molecule has 0 aliphatic rings. The summed E-state index contributed by atoms with van der Waals surface area (Å²) in [5.74, 6) is 0. The zero-order valence-corrected chi connectivity index (χ0v) is 36.2. The van der Waals surface area contributed by atoms with E-state index in [0.29, 0.717) is 0 Å². The van der Waals surface area contributed by atoms with E-state index < -0.39 is 0 Å². The van der Waals surface area contributed by atoms with Crippen LogP contribution in [0.1, 0.15) is 5.56 Å². The molecule has 0 nitrogen and oxygen atoms in total. The van der Waals surface area contributed by atoms with Crippen LogP contribution in [-0.4, -0.2) is 0 Å². The van der Waals surface area contributed by atoms with Crippen molar-refractivity contribution in [3.63, 3.8) is 0 Å². The van der Waals surface area contributed by atoms with E-state index >= 15 is 0 Å². The van der Waals surface area contributed by atoms with E-state index in [1.54, 1.807) is 0 Å². The van der Waals surface area contributed by atoms with Crippen LogP contribution in [0, 0.1) is 6.92 Å². The van der Waals surface area contributed by atoms with Crippen molar-refractivity contribution in [2.45, 2.75) is 6.92 Å². The van der Waals surface area contributed by atoms with E-state index in [4.69, 9.17) is 0 Å². The van der Waals surface area contributed by atoms with Crippen molar-refractivity contribution in [1.29, 1.82) is 0 Å². The summed E-state index contributed by atoms with van der Waals surface area (Å²) >= 11 is 0. The van der Waals surface area contributed by atoms with Crippen molar-refractivity contribution in [3.05, 3.63) is 254 Å². The summed E-state index contributed by atoms with van der Waals surface area (Å²) in [5.41, 5.74) is 11.6. The van der Waals surface area contributed by atoms with Gasteiger partial charge in [0.25, 0.3) is 0 Å². The predicted molar refractivity (Wildman–Crippen MR) is 282 cm³/mol. The minimum Gasteiger partial charge on any atom is -0.0622 e. The first-order chi connectivity index (χ1) is 32.2. The van der Waals surface area contributed by atoms with Gasteiger partial charge in [-0.2, -0.15) is 0 Å². The summed E-state index contributed by atoms with van der Waals surface area (Å²) < 4.78 is 0. The molecular formula is C65H44. The molecule has 0 amide bonds. The highest BCUT2D eigenvalue weighted by molar-refractivity contribution is 6.24. The zero-order valence-electron chi connectivity index (χ0n) is 36.2. The number of benzene rings is 13. The molecule has 13 aromatic rings. The van der Waals surface area contributed by atoms with Gasteiger partial charge in [-0.3, -0.25) is 0 Å². The summed E-state index contributed by atoms with van der Waals surface area (Å²) in [7, 11) is 0. The SMILES string of the molecule is Cc1c2ccccc2c(-c2cc3cc4ccccc4cc3c3ccccc23)c2ccccc12.c1ccc(-c2cccc(-c3c4ccccc4c(-c4ccccc4)c4ccccc34)c2)cc1. The van der Waals surface area contributed by atoms with Crippen LogP contribution in [0.15, 0.2) is 249 Å². The van der Waals surface area contributed by atoms with E-state index in [2.05, 4.69) is 256 Å². The fourth-order valence-corrected chi connectivity index (χ4v) is 10.5. The number of fused-ring (bicyclic) bond motifs is 8. The van der Waals surface area contributed by atoms with Crippen LogP contribution in [-0.2, 0) is 0 Å². The number of hydrogen-bond donors (Lipinski definition) is 0. The van der Waals surface area contributed by atoms with Gasteiger partial charge in [-0.1, -0.05) is 224 Å². The van der Waals surface area contributed by atoms with Gasteiger partial charge >= 0.3 is 0 Å². The monoisotopic (exact) mass is 824 g/mol. The Hall–Kier alpha value is -8.32. The second-order valence-electron chi connectivity index (χ2n) is 17.1. The van der Waals surface area contributed by atoms with Crippen molar-refractivity contribution in [2.75, 3.05) is 0 Å². The minimum absolute atomic E-state index is 1.24. The molecule has 0 heterocycles. The molecule has 0 unspecified atom stereocenters. The lowest BCUT2D eigenvalue weighted by Crippen LogP contribution is -1.91. The summed E-state index contributed by atoms with van der Waals surface area (Å²) in [4.78, 5) is 0. The molecule has 0 fully saturated rings. The van der Waals surface area contributed by atoms with E-state index in [9.17, 15) is 0 Å². The molecule has 13 aromatic carbocycles. The first-order valence-electron chi connectivity index (χ1n) is 22.6. The molecule has 0 N–H and O–H groups in total. The normalized spacial score (nSPS) is 11.5. The highest BCUT2D eigenvalue weighted by Crippen LogP contribution is 2.46. The summed E-state index contributed by atoms with van der Waals surface area (Å²) in [6.07, 6.45) is 0. The highest BCUT2D eigenvalue weighted by Gasteiger charge is 2.18. The fourth-order valence-electron chi connectivity index (χ4n) is 10.5. The van der Waals surface area contributed by atoms with Gasteiger partial charge in [0.1, 0.15) is 0 Å². The standard InChI is InChI=1S/C33H22.C32H22/c1-21-25-12-4-8-16-29(25)33(30-17-9-5-13-26(21)30)32-20-24-18-22-10-2-3-11-23(22)19-31(24)27-14-6-7-15-28(27)32;1-3-12-23(13-4-1)25-16-11-17-26(22-25)32-29-20-9-7-18-27(29)31(24-14-5-2-6-15-24)28-19-8-10-21-30(28)32/h2-20H,1H3;1-22H. The molecule has 0 aromatic heterocycles. The minimum atomic E-state index is 1.24. The molecule has 0 aliphatic heterocycles. The topological polar surface area (TPSA) is 0 Å². The van der Waals surface area contributed by atoms with Gasteiger partial charge in [0.15, 0.2) is 0 Å². The maximum Gasteiger partial charge on any atom is -0.00202 e. The van der Waals surface area contributed by atoms with Crippen molar-refractivity contribution in [3.8, 4) is 44.5 Å². The molecule has 0 spiro atoms. The van der Waals surface area contributed by atoms with Crippen LogP contribution < -0.4 is 0 Å². The van der Waals surface area contributed by atoms with Gasteiger partial charge in [0, 0.05) is 0 Å². The summed E-state index contributed by atoms with van der Waals surface area (Å²) in [5, 5.41) is 18.2. The van der Waals surface area contributed by atoms with Gasteiger partial charge in [-0.15, -0.1) is 0 Å². The Balaban J connectivity index is 0.000000137. The maximum atomic E-state index is 2.41. The van der Waals surface area contributed by atoms with Crippen molar-refractivity contribution in [2.24, 2.45) is 0 Å². The second kappa shape index (κ2) is 16.1. The average molecular weight is 825 g/mol. The second-order valence-corrected chi connectivity index (χ2v) is 17.1. The van der Waals surface area contributed by atoms with Gasteiger partial charge in [0.05, 0.1) is 0 Å². The lowest BCUT2D eigenvalue weighted by Gasteiger charge is -2.18. The molecule has 65 heavy (non-hydrogen) atoms. The Bertz CT molecular complexity index is 3820. The number of rotatable bonds is 4. The number of aryl methyl sites for hydroxylation is 1. The Labute approximate surface area is 379 Å². The van der Waals surface area contributed by atoms with Crippen molar-refractivity contribution in [1.82, 2.24) is 0 Å². The van der Waals surface area contributed by atoms with Crippen LogP contribution in [0.5, 0.6) is 0 Å². The van der Waals surface area contributed by atoms with Crippen LogP contribution in [0.2, 0.25) is 0 Å². The largest absolute Gasteiger partial charge is 0.0622 e. The molecule has 0 atom stereocenters. The molecule has 0 radical (unpaired) electrons. The molecule has 0 bridgehead atoms. The molecule has 0 aliphatic carbocycles. The summed E-state index contributed by atoms with van der Waals surface area (Å²) in [6.45, 7) is 2.25. The third-order valence-electron chi connectivity index (χ3n) is 13.4. The lowest BCUT2D eigenvalue weighted by molar-refractivity contribution is 1.58.